The summed E-state index contributed by atoms with van der Waals surface area (Å²) in [5.41, 5.74) is 1.99. The molecular formula is C21H18N2O5S. The Morgan fingerprint density at radius 2 is 1.97 bits per heavy atom. The lowest BCUT2D eigenvalue weighted by atomic mass is 10.0. The van der Waals surface area contributed by atoms with E-state index in [-0.39, 0.29) is 18.3 Å². The van der Waals surface area contributed by atoms with Crippen LogP contribution in [0.2, 0.25) is 0 Å². The number of para-hydroxylation sites is 1. The quantitative estimate of drug-likeness (QED) is 0.648. The van der Waals surface area contributed by atoms with Crippen molar-refractivity contribution in [3.05, 3.63) is 71.0 Å². The molecule has 1 aliphatic heterocycles. The lowest BCUT2D eigenvalue weighted by Crippen LogP contribution is -2.38. The summed E-state index contributed by atoms with van der Waals surface area (Å²) in [5, 5.41) is 3.13. The smallest absolute Gasteiger partial charge is 0.348 e. The van der Waals surface area contributed by atoms with E-state index in [1.54, 1.807) is 29.2 Å². The van der Waals surface area contributed by atoms with E-state index in [1.807, 2.05) is 24.3 Å². The maximum Gasteiger partial charge on any atom is 0.348 e. The van der Waals surface area contributed by atoms with Crippen LogP contribution in [0, 0.1) is 0 Å². The first kappa shape index (κ1) is 18.9. The van der Waals surface area contributed by atoms with E-state index in [9.17, 15) is 14.4 Å². The molecule has 0 aliphatic carbocycles. The largest absolute Gasteiger partial charge is 0.459 e. The molecule has 3 heterocycles. The van der Waals surface area contributed by atoms with Gasteiger partial charge in [-0.25, -0.2) is 4.79 Å². The van der Waals surface area contributed by atoms with Crippen LogP contribution in [0.5, 0.6) is 0 Å². The van der Waals surface area contributed by atoms with Gasteiger partial charge < -0.3 is 19.4 Å². The SMILES string of the molecule is O=C(Nc1ccc(C(=O)OCC(=O)N2CCCc3ccccc32)s1)c1ccco1. The standard InChI is InChI=1S/C21H18N2O5S/c24-19(23-11-3-6-14-5-1-2-7-15(14)23)13-28-21(26)17-9-10-18(29-17)22-20(25)16-8-4-12-27-16/h1-2,4-5,7-10,12H,3,6,11,13H2,(H,22,25). The Morgan fingerprint density at radius 3 is 2.79 bits per heavy atom. The number of amides is 2. The van der Waals surface area contributed by atoms with Crippen LogP contribution in [0.3, 0.4) is 0 Å². The van der Waals surface area contributed by atoms with Crippen molar-refractivity contribution in [3.63, 3.8) is 0 Å². The molecule has 7 nitrogen and oxygen atoms in total. The highest BCUT2D eigenvalue weighted by molar-refractivity contribution is 7.18. The predicted octanol–water partition coefficient (Wildman–Crippen LogP) is 3.73. The van der Waals surface area contributed by atoms with Crippen molar-refractivity contribution in [1.29, 1.82) is 0 Å². The summed E-state index contributed by atoms with van der Waals surface area (Å²) in [6, 6.07) is 14.1. The van der Waals surface area contributed by atoms with Crippen molar-refractivity contribution < 1.29 is 23.5 Å². The van der Waals surface area contributed by atoms with Gasteiger partial charge in [-0.3, -0.25) is 9.59 Å². The molecule has 0 unspecified atom stereocenters. The van der Waals surface area contributed by atoms with Gasteiger partial charge in [0.15, 0.2) is 12.4 Å². The predicted molar refractivity (Wildman–Crippen MR) is 108 cm³/mol. The van der Waals surface area contributed by atoms with Gasteiger partial charge in [0.2, 0.25) is 0 Å². The number of carbonyl (C=O) groups excluding carboxylic acids is 3. The first-order chi connectivity index (χ1) is 14.1. The average molecular weight is 410 g/mol. The maximum absolute atomic E-state index is 12.6. The Kier molecular flexibility index (Phi) is 5.44. The van der Waals surface area contributed by atoms with E-state index in [2.05, 4.69) is 5.32 Å². The molecule has 1 aromatic carbocycles. The van der Waals surface area contributed by atoms with Crippen molar-refractivity contribution in [2.24, 2.45) is 0 Å². The Hall–Kier alpha value is -3.39. The zero-order valence-electron chi connectivity index (χ0n) is 15.4. The highest BCUT2D eigenvalue weighted by Crippen LogP contribution is 2.27. The molecule has 0 radical (unpaired) electrons. The first-order valence-corrected chi connectivity index (χ1v) is 9.93. The number of esters is 1. The number of thiophene rings is 1. The van der Waals surface area contributed by atoms with Gasteiger partial charge >= 0.3 is 5.97 Å². The van der Waals surface area contributed by atoms with E-state index in [4.69, 9.17) is 9.15 Å². The number of ether oxygens (including phenoxy) is 1. The number of nitrogens with one attached hydrogen (secondary N) is 1. The molecule has 1 N–H and O–H groups in total. The number of fused-ring (bicyclic) bond motifs is 1. The number of hydrogen-bond donors (Lipinski definition) is 1. The zero-order chi connectivity index (χ0) is 20.2. The van der Waals surface area contributed by atoms with Gasteiger partial charge in [0.1, 0.15) is 4.88 Å². The summed E-state index contributed by atoms with van der Waals surface area (Å²) < 4.78 is 10.2. The molecule has 1 aliphatic rings. The summed E-state index contributed by atoms with van der Waals surface area (Å²) in [6.45, 7) is 0.272. The van der Waals surface area contributed by atoms with Gasteiger partial charge in [-0.15, -0.1) is 11.3 Å². The van der Waals surface area contributed by atoms with Crippen LogP contribution in [-0.2, 0) is 16.0 Å². The van der Waals surface area contributed by atoms with E-state index in [1.165, 1.54) is 6.26 Å². The Bertz CT molecular complexity index is 1040. The molecular weight excluding hydrogens is 392 g/mol. The Morgan fingerprint density at radius 1 is 1.10 bits per heavy atom. The topological polar surface area (TPSA) is 88.8 Å². The van der Waals surface area contributed by atoms with Crippen LogP contribution in [0.25, 0.3) is 0 Å². The first-order valence-electron chi connectivity index (χ1n) is 9.12. The molecule has 3 aromatic rings. The highest BCUT2D eigenvalue weighted by Gasteiger charge is 2.23. The second kappa shape index (κ2) is 8.32. The van der Waals surface area contributed by atoms with Crippen LogP contribution < -0.4 is 10.2 Å². The molecule has 8 heteroatoms. The molecule has 148 valence electrons. The third kappa shape index (κ3) is 4.22. The monoisotopic (exact) mass is 410 g/mol. The summed E-state index contributed by atoms with van der Waals surface area (Å²) in [6.07, 6.45) is 3.21. The number of hydrogen-bond acceptors (Lipinski definition) is 6. The van der Waals surface area contributed by atoms with E-state index < -0.39 is 11.9 Å². The van der Waals surface area contributed by atoms with Gasteiger partial charge in [0.05, 0.1) is 11.3 Å². The third-order valence-corrected chi connectivity index (χ3v) is 5.51. The lowest BCUT2D eigenvalue weighted by molar-refractivity contribution is -0.121. The molecule has 0 atom stereocenters. The molecule has 4 rings (SSSR count). The second-order valence-electron chi connectivity index (χ2n) is 6.45. The highest BCUT2D eigenvalue weighted by atomic mass is 32.1. The van der Waals surface area contributed by atoms with Gasteiger partial charge in [0.25, 0.3) is 11.8 Å². The minimum absolute atomic E-state index is 0.176. The number of anilines is 2. The number of nitrogens with zero attached hydrogens (tertiary/aromatic N) is 1. The molecule has 29 heavy (non-hydrogen) atoms. The maximum atomic E-state index is 12.6. The molecule has 0 saturated carbocycles. The fourth-order valence-corrected chi connectivity index (χ4v) is 3.96. The second-order valence-corrected chi connectivity index (χ2v) is 7.53. The van der Waals surface area contributed by atoms with Gasteiger partial charge in [-0.1, -0.05) is 18.2 Å². The van der Waals surface area contributed by atoms with Crippen molar-refractivity contribution >= 4 is 39.8 Å². The molecule has 0 bridgehead atoms. The summed E-state index contributed by atoms with van der Waals surface area (Å²) in [4.78, 5) is 38.8. The third-order valence-electron chi connectivity index (χ3n) is 4.53. The van der Waals surface area contributed by atoms with E-state index in [0.29, 0.717) is 16.4 Å². The molecule has 2 amide bonds. The number of carbonyl (C=O) groups is 3. The summed E-state index contributed by atoms with van der Waals surface area (Å²) in [5.74, 6) is -1.09. The van der Waals surface area contributed by atoms with Crippen LogP contribution in [0.4, 0.5) is 10.7 Å². The molecule has 0 spiro atoms. The van der Waals surface area contributed by atoms with E-state index >= 15 is 0 Å². The van der Waals surface area contributed by atoms with Crippen molar-refractivity contribution in [3.8, 4) is 0 Å². The lowest BCUT2D eigenvalue weighted by Gasteiger charge is -2.29. The zero-order valence-corrected chi connectivity index (χ0v) is 16.2. The summed E-state index contributed by atoms with van der Waals surface area (Å²) >= 11 is 1.07. The fourth-order valence-electron chi connectivity index (χ4n) is 3.17. The van der Waals surface area contributed by atoms with Crippen LogP contribution >= 0.6 is 11.3 Å². The van der Waals surface area contributed by atoms with Gasteiger partial charge in [0, 0.05) is 12.2 Å². The van der Waals surface area contributed by atoms with E-state index in [0.717, 1.165) is 35.4 Å². The van der Waals surface area contributed by atoms with Crippen LogP contribution in [0.1, 0.15) is 32.2 Å². The number of rotatable bonds is 5. The van der Waals surface area contributed by atoms with Crippen molar-refractivity contribution in [2.75, 3.05) is 23.4 Å². The van der Waals surface area contributed by atoms with Gasteiger partial charge in [-0.05, 0) is 48.7 Å². The number of aryl methyl sites for hydroxylation is 1. The molecule has 2 aromatic heterocycles. The summed E-state index contributed by atoms with van der Waals surface area (Å²) in [7, 11) is 0. The normalized spacial score (nSPS) is 12.9. The molecule has 0 fully saturated rings. The average Bonchev–Trinajstić information content (AvgIpc) is 3.43. The van der Waals surface area contributed by atoms with Crippen molar-refractivity contribution in [1.82, 2.24) is 0 Å². The van der Waals surface area contributed by atoms with Crippen LogP contribution in [0.15, 0.2) is 59.2 Å². The minimum Gasteiger partial charge on any atom is -0.459 e. The Balaban J connectivity index is 1.34. The van der Waals surface area contributed by atoms with Crippen molar-refractivity contribution in [2.45, 2.75) is 12.8 Å². The molecule has 0 saturated heterocycles. The number of furan rings is 1. The minimum atomic E-state index is -0.604. The van der Waals surface area contributed by atoms with Crippen LogP contribution in [-0.4, -0.2) is 30.9 Å². The Labute approximate surface area is 170 Å². The fraction of sp³-hybridized carbons (Fsp3) is 0.190. The van der Waals surface area contributed by atoms with Gasteiger partial charge in [-0.2, -0.15) is 0 Å². The number of benzene rings is 1.